The second-order valence-electron chi connectivity index (χ2n) is 6.82. The van der Waals surface area contributed by atoms with Gasteiger partial charge in [-0.25, -0.2) is 0 Å². The second-order valence-corrected chi connectivity index (χ2v) is 6.82. The molecule has 1 saturated heterocycles. The van der Waals surface area contributed by atoms with Gasteiger partial charge in [0.2, 0.25) is 0 Å². The molecule has 0 radical (unpaired) electrons. The first-order valence-electron chi connectivity index (χ1n) is 8.39. The number of likely N-dealkylation sites (tertiary alicyclic amines) is 1. The summed E-state index contributed by atoms with van der Waals surface area (Å²) in [6, 6.07) is 8.17. The Morgan fingerprint density at radius 2 is 1.83 bits per heavy atom. The number of aliphatic imine (C=N–C) groups is 1. The van der Waals surface area contributed by atoms with Gasteiger partial charge in [-0.15, -0.1) is 24.0 Å². The Labute approximate surface area is 157 Å². The van der Waals surface area contributed by atoms with Crippen molar-refractivity contribution in [2.24, 2.45) is 22.6 Å². The van der Waals surface area contributed by atoms with Gasteiger partial charge < -0.3 is 16.0 Å². The minimum atomic E-state index is 0. The van der Waals surface area contributed by atoms with Gasteiger partial charge in [0.1, 0.15) is 0 Å². The Kier molecular flexibility index (Phi) is 8.91. The predicted octanol–water partition coefficient (Wildman–Crippen LogP) is 3.71. The molecular weight excluding hydrogens is 399 g/mol. The van der Waals surface area contributed by atoms with Crippen LogP contribution in [0.4, 0.5) is 5.69 Å². The van der Waals surface area contributed by atoms with E-state index in [0.717, 1.165) is 37.0 Å². The van der Waals surface area contributed by atoms with Crippen molar-refractivity contribution in [2.75, 3.05) is 31.5 Å². The molecule has 0 amide bonds. The van der Waals surface area contributed by atoms with Crippen LogP contribution in [-0.2, 0) is 0 Å². The van der Waals surface area contributed by atoms with Gasteiger partial charge >= 0.3 is 0 Å². The maximum atomic E-state index is 5.93. The highest BCUT2D eigenvalue weighted by Gasteiger charge is 2.20. The monoisotopic (exact) mass is 430 g/mol. The number of nitrogens with zero attached hydrogens (tertiary/aromatic N) is 2. The van der Waals surface area contributed by atoms with Crippen molar-refractivity contribution in [1.82, 2.24) is 4.90 Å². The van der Waals surface area contributed by atoms with Crippen LogP contribution in [0.25, 0.3) is 0 Å². The number of guanidine groups is 1. The number of benzene rings is 1. The van der Waals surface area contributed by atoms with Gasteiger partial charge in [0.05, 0.1) is 0 Å². The lowest BCUT2D eigenvalue weighted by molar-refractivity contribution is 0.140. The predicted molar refractivity (Wildman–Crippen MR) is 111 cm³/mol. The number of anilines is 1. The Morgan fingerprint density at radius 1 is 1.22 bits per heavy atom. The van der Waals surface area contributed by atoms with Gasteiger partial charge in [-0.05, 0) is 50.3 Å². The largest absolute Gasteiger partial charge is 0.370 e. The molecule has 1 aliphatic rings. The van der Waals surface area contributed by atoms with E-state index in [1.165, 1.54) is 25.1 Å². The fourth-order valence-corrected chi connectivity index (χ4v) is 3.29. The van der Waals surface area contributed by atoms with Crippen LogP contribution in [0, 0.1) is 18.8 Å². The standard InChI is InChI=1S/C18H30N4.HI/c1-14-5-7-17(8-6-14)21-18(19)20-9-4-10-22-12-15(2)11-16(3)13-22;/h5-8,15-16H,4,9-13H2,1-3H3,(H3,19,20,21);1H. The summed E-state index contributed by atoms with van der Waals surface area (Å²) in [7, 11) is 0. The van der Waals surface area contributed by atoms with Crippen molar-refractivity contribution in [3.8, 4) is 0 Å². The van der Waals surface area contributed by atoms with E-state index in [1.807, 2.05) is 12.1 Å². The van der Waals surface area contributed by atoms with Gasteiger partial charge in [-0.1, -0.05) is 31.5 Å². The Morgan fingerprint density at radius 3 is 2.43 bits per heavy atom. The summed E-state index contributed by atoms with van der Waals surface area (Å²) in [5, 5.41) is 3.14. The van der Waals surface area contributed by atoms with E-state index < -0.39 is 0 Å². The quantitative estimate of drug-likeness (QED) is 0.324. The Balaban J connectivity index is 0.00000264. The van der Waals surface area contributed by atoms with Crippen LogP contribution in [0.2, 0.25) is 0 Å². The van der Waals surface area contributed by atoms with Crippen LogP contribution in [0.3, 0.4) is 0 Å². The van der Waals surface area contributed by atoms with Crippen molar-refractivity contribution < 1.29 is 0 Å². The molecule has 1 heterocycles. The molecule has 1 aromatic carbocycles. The van der Waals surface area contributed by atoms with E-state index in [9.17, 15) is 0 Å². The maximum absolute atomic E-state index is 5.93. The molecule has 3 N–H and O–H groups in total. The minimum absolute atomic E-state index is 0. The molecule has 2 unspecified atom stereocenters. The second kappa shape index (κ2) is 10.1. The molecule has 2 atom stereocenters. The zero-order valence-electron chi connectivity index (χ0n) is 14.6. The minimum Gasteiger partial charge on any atom is -0.370 e. The highest BCUT2D eigenvalue weighted by molar-refractivity contribution is 14.0. The van der Waals surface area contributed by atoms with Crippen LogP contribution in [-0.4, -0.2) is 37.0 Å². The average molecular weight is 430 g/mol. The number of aryl methyl sites for hydroxylation is 1. The van der Waals surface area contributed by atoms with E-state index in [-0.39, 0.29) is 24.0 Å². The fraction of sp³-hybridized carbons (Fsp3) is 0.611. The van der Waals surface area contributed by atoms with Gasteiger partial charge in [0.15, 0.2) is 5.96 Å². The molecular formula is C18H31IN4. The van der Waals surface area contributed by atoms with Gasteiger partial charge in [0.25, 0.3) is 0 Å². The van der Waals surface area contributed by atoms with Crippen LogP contribution in [0.1, 0.15) is 32.3 Å². The lowest BCUT2D eigenvalue weighted by atomic mass is 9.92. The average Bonchev–Trinajstić information content (AvgIpc) is 2.45. The summed E-state index contributed by atoms with van der Waals surface area (Å²) in [4.78, 5) is 6.99. The first-order chi connectivity index (χ1) is 10.5. The number of nitrogens with one attached hydrogen (secondary N) is 1. The number of hydrogen-bond donors (Lipinski definition) is 2. The normalized spacial score (nSPS) is 22.5. The molecule has 1 aliphatic heterocycles. The molecule has 0 aliphatic carbocycles. The number of nitrogens with two attached hydrogens (primary N) is 1. The summed E-state index contributed by atoms with van der Waals surface area (Å²) in [5.41, 5.74) is 8.17. The maximum Gasteiger partial charge on any atom is 0.193 e. The summed E-state index contributed by atoms with van der Waals surface area (Å²) in [5.74, 6) is 2.14. The molecule has 2 rings (SSSR count). The Bertz CT molecular complexity index is 476. The van der Waals surface area contributed by atoms with E-state index in [0.29, 0.717) is 5.96 Å². The first-order valence-corrected chi connectivity index (χ1v) is 8.39. The van der Waals surface area contributed by atoms with Crippen LogP contribution >= 0.6 is 24.0 Å². The molecule has 0 aromatic heterocycles. The summed E-state index contributed by atoms with van der Waals surface area (Å²) in [6.07, 6.45) is 2.43. The number of hydrogen-bond acceptors (Lipinski definition) is 2. The smallest absolute Gasteiger partial charge is 0.193 e. The molecule has 130 valence electrons. The highest BCUT2D eigenvalue weighted by atomic mass is 127. The van der Waals surface area contributed by atoms with Crippen molar-refractivity contribution in [1.29, 1.82) is 0 Å². The zero-order chi connectivity index (χ0) is 15.9. The highest BCUT2D eigenvalue weighted by Crippen LogP contribution is 2.20. The van der Waals surface area contributed by atoms with Gasteiger partial charge in [-0.3, -0.25) is 4.99 Å². The molecule has 0 bridgehead atoms. The lowest BCUT2D eigenvalue weighted by Gasteiger charge is -2.34. The van der Waals surface area contributed by atoms with Gasteiger partial charge in [-0.2, -0.15) is 0 Å². The van der Waals surface area contributed by atoms with Crippen LogP contribution in [0.15, 0.2) is 29.3 Å². The number of rotatable bonds is 5. The molecule has 0 saturated carbocycles. The zero-order valence-corrected chi connectivity index (χ0v) is 16.9. The Hall–Kier alpha value is -0.820. The molecule has 1 fully saturated rings. The molecule has 0 spiro atoms. The van der Waals surface area contributed by atoms with Gasteiger partial charge in [0, 0.05) is 25.3 Å². The summed E-state index contributed by atoms with van der Waals surface area (Å²) >= 11 is 0. The van der Waals surface area contributed by atoms with E-state index in [4.69, 9.17) is 5.73 Å². The number of halogens is 1. The van der Waals surface area contributed by atoms with Crippen molar-refractivity contribution >= 4 is 35.6 Å². The van der Waals surface area contributed by atoms with E-state index in [2.05, 4.69) is 48.1 Å². The SMILES string of the molecule is Cc1ccc(NC(N)=NCCCN2CC(C)CC(C)C2)cc1.I. The van der Waals surface area contributed by atoms with Crippen LogP contribution in [0.5, 0.6) is 0 Å². The molecule has 1 aromatic rings. The van der Waals surface area contributed by atoms with Crippen LogP contribution < -0.4 is 11.1 Å². The number of piperidine rings is 1. The van der Waals surface area contributed by atoms with Crippen molar-refractivity contribution in [3.05, 3.63) is 29.8 Å². The molecule has 4 nitrogen and oxygen atoms in total. The summed E-state index contributed by atoms with van der Waals surface area (Å²) in [6.45, 7) is 11.1. The van der Waals surface area contributed by atoms with Crippen molar-refractivity contribution in [3.63, 3.8) is 0 Å². The first kappa shape index (κ1) is 20.2. The lowest BCUT2D eigenvalue weighted by Crippen LogP contribution is -2.39. The third-order valence-electron chi connectivity index (χ3n) is 4.18. The van der Waals surface area contributed by atoms with E-state index in [1.54, 1.807) is 0 Å². The van der Waals surface area contributed by atoms with Crippen molar-refractivity contribution in [2.45, 2.75) is 33.6 Å². The fourth-order valence-electron chi connectivity index (χ4n) is 3.29. The van der Waals surface area contributed by atoms with E-state index >= 15 is 0 Å². The molecule has 5 heteroatoms. The molecule has 23 heavy (non-hydrogen) atoms. The topological polar surface area (TPSA) is 53.6 Å². The third-order valence-corrected chi connectivity index (χ3v) is 4.18. The summed E-state index contributed by atoms with van der Waals surface area (Å²) < 4.78 is 0. The third kappa shape index (κ3) is 7.52.